The number of rotatable bonds is 3. The Labute approximate surface area is 128 Å². The first-order valence-electron chi connectivity index (χ1n) is 6.80. The van der Waals surface area contributed by atoms with E-state index in [2.05, 4.69) is 83.4 Å². The van der Waals surface area contributed by atoms with E-state index in [1.807, 2.05) is 0 Å². The standard InChI is InChI=1S/C17H18IN/c1-12-4-2-3-5-17(12)13-10-16(11-13)19-15-8-6-14(18)7-9-15/h2-9,13,16,19H,10-11H2,1H3. The molecule has 1 aliphatic carbocycles. The minimum absolute atomic E-state index is 0.629. The molecule has 1 nitrogen and oxygen atoms in total. The van der Waals surface area contributed by atoms with Gasteiger partial charge in [0.1, 0.15) is 0 Å². The van der Waals surface area contributed by atoms with E-state index >= 15 is 0 Å². The Morgan fingerprint density at radius 3 is 2.37 bits per heavy atom. The lowest BCUT2D eigenvalue weighted by molar-refractivity contribution is 0.373. The number of aryl methyl sites for hydroxylation is 1. The Bertz CT molecular complexity index is 556. The van der Waals surface area contributed by atoms with Crippen molar-refractivity contribution in [1.82, 2.24) is 0 Å². The fourth-order valence-corrected chi connectivity index (χ4v) is 3.18. The van der Waals surface area contributed by atoms with Crippen LogP contribution in [0.3, 0.4) is 0 Å². The summed E-state index contributed by atoms with van der Waals surface area (Å²) in [6.07, 6.45) is 2.49. The van der Waals surface area contributed by atoms with Gasteiger partial charge >= 0.3 is 0 Å². The van der Waals surface area contributed by atoms with Crippen LogP contribution in [0.2, 0.25) is 0 Å². The quantitative estimate of drug-likeness (QED) is 0.761. The Balaban J connectivity index is 1.58. The molecule has 98 valence electrons. The Morgan fingerprint density at radius 1 is 1.00 bits per heavy atom. The summed E-state index contributed by atoms with van der Waals surface area (Å²) in [6, 6.07) is 18.0. The summed E-state index contributed by atoms with van der Waals surface area (Å²) >= 11 is 2.34. The molecule has 0 unspecified atom stereocenters. The van der Waals surface area contributed by atoms with Crippen LogP contribution in [0.25, 0.3) is 0 Å². The van der Waals surface area contributed by atoms with Gasteiger partial charge in [0.2, 0.25) is 0 Å². The number of nitrogens with one attached hydrogen (secondary N) is 1. The summed E-state index contributed by atoms with van der Waals surface area (Å²) in [5.41, 5.74) is 4.21. The molecule has 1 saturated carbocycles. The van der Waals surface area contributed by atoms with Gasteiger partial charge in [0.05, 0.1) is 0 Å². The molecule has 0 radical (unpaired) electrons. The summed E-state index contributed by atoms with van der Waals surface area (Å²) in [5.74, 6) is 0.738. The molecule has 0 saturated heterocycles. The number of benzene rings is 2. The first-order valence-corrected chi connectivity index (χ1v) is 7.88. The zero-order chi connectivity index (χ0) is 13.2. The topological polar surface area (TPSA) is 12.0 Å². The minimum Gasteiger partial charge on any atom is -0.382 e. The first-order chi connectivity index (χ1) is 9.22. The van der Waals surface area contributed by atoms with Gasteiger partial charge in [-0.2, -0.15) is 0 Å². The predicted molar refractivity (Wildman–Crippen MR) is 89.7 cm³/mol. The van der Waals surface area contributed by atoms with E-state index in [9.17, 15) is 0 Å². The fraction of sp³-hybridized carbons (Fsp3) is 0.294. The molecule has 0 aromatic heterocycles. The van der Waals surface area contributed by atoms with Gasteiger partial charge in [0.15, 0.2) is 0 Å². The molecule has 2 heteroatoms. The second kappa shape index (κ2) is 5.53. The number of halogens is 1. The van der Waals surface area contributed by atoms with Gasteiger partial charge in [-0.15, -0.1) is 0 Å². The third kappa shape index (κ3) is 2.94. The third-order valence-corrected chi connectivity index (χ3v) is 4.70. The van der Waals surface area contributed by atoms with Crippen molar-refractivity contribution >= 4 is 28.3 Å². The maximum atomic E-state index is 3.62. The highest BCUT2D eigenvalue weighted by molar-refractivity contribution is 14.1. The van der Waals surface area contributed by atoms with Crippen molar-refractivity contribution in [3.05, 3.63) is 63.2 Å². The maximum absolute atomic E-state index is 3.62. The van der Waals surface area contributed by atoms with Crippen LogP contribution in [0.5, 0.6) is 0 Å². The smallest absolute Gasteiger partial charge is 0.0343 e. The molecular formula is C17H18IN. The van der Waals surface area contributed by atoms with Crippen LogP contribution in [-0.2, 0) is 0 Å². The van der Waals surface area contributed by atoms with Gasteiger partial charge < -0.3 is 5.32 Å². The zero-order valence-corrected chi connectivity index (χ0v) is 13.2. The van der Waals surface area contributed by atoms with Crippen LogP contribution < -0.4 is 5.32 Å². The van der Waals surface area contributed by atoms with Gasteiger partial charge in [0.25, 0.3) is 0 Å². The van der Waals surface area contributed by atoms with Crippen molar-refractivity contribution in [3.8, 4) is 0 Å². The van der Waals surface area contributed by atoms with Crippen molar-refractivity contribution in [1.29, 1.82) is 0 Å². The molecule has 0 aliphatic heterocycles. The van der Waals surface area contributed by atoms with Crippen molar-refractivity contribution in [2.75, 3.05) is 5.32 Å². The van der Waals surface area contributed by atoms with Gasteiger partial charge in [0, 0.05) is 15.3 Å². The lowest BCUT2D eigenvalue weighted by Gasteiger charge is -2.37. The normalized spacial score (nSPS) is 21.8. The lowest BCUT2D eigenvalue weighted by Crippen LogP contribution is -2.34. The molecule has 0 atom stereocenters. The number of hydrogen-bond donors (Lipinski definition) is 1. The van der Waals surface area contributed by atoms with Gasteiger partial charge in [-0.3, -0.25) is 0 Å². The summed E-state index contributed by atoms with van der Waals surface area (Å²) in [6.45, 7) is 2.22. The van der Waals surface area contributed by atoms with E-state index in [4.69, 9.17) is 0 Å². The predicted octanol–water partition coefficient (Wildman–Crippen LogP) is 4.96. The summed E-state index contributed by atoms with van der Waals surface area (Å²) < 4.78 is 1.29. The third-order valence-electron chi connectivity index (χ3n) is 3.98. The SMILES string of the molecule is Cc1ccccc1C1CC(Nc2ccc(I)cc2)C1. The molecule has 1 fully saturated rings. The van der Waals surface area contributed by atoms with Crippen LogP contribution >= 0.6 is 22.6 Å². The highest BCUT2D eigenvalue weighted by Crippen LogP contribution is 2.39. The van der Waals surface area contributed by atoms with Crippen molar-refractivity contribution in [2.24, 2.45) is 0 Å². The average Bonchev–Trinajstić information content (AvgIpc) is 2.37. The molecule has 3 rings (SSSR count). The second-order valence-corrected chi connectivity index (χ2v) is 6.62. The summed E-state index contributed by atoms with van der Waals surface area (Å²) in [4.78, 5) is 0. The van der Waals surface area contributed by atoms with Crippen LogP contribution in [0.4, 0.5) is 5.69 Å². The van der Waals surface area contributed by atoms with E-state index in [0.717, 1.165) is 5.92 Å². The molecule has 1 aliphatic rings. The first kappa shape index (κ1) is 13.0. The van der Waals surface area contributed by atoms with Crippen LogP contribution in [0.15, 0.2) is 48.5 Å². The highest BCUT2D eigenvalue weighted by atomic mass is 127. The molecule has 19 heavy (non-hydrogen) atoms. The second-order valence-electron chi connectivity index (χ2n) is 5.37. The van der Waals surface area contributed by atoms with E-state index in [1.54, 1.807) is 0 Å². The molecule has 0 spiro atoms. The molecule has 0 heterocycles. The number of anilines is 1. The van der Waals surface area contributed by atoms with Crippen LogP contribution in [-0.4, -0.2) is 6.04 Å². The summed E-state index contributed by atoms with van der Waals surface area (Å²) in [7, 11) is 0. The van der Waals surface area contributed by atoms with E-state index < -0.39 is 0 Å². The molecule has 2 aromatic rings. The monoisotopic (exact) mass is 363 g/mol. The molecule has 0 amide bonds. The van der Waals surface area contributed by atoms with E-state index in [-0.39, 0.29) is 0 Å². The van der Waals surface area contributed by atoms with Gasteiger partial charge in [-0.1, -0.05) is 24.3 Å². The lowest BCUT2D eigenvalue weighted by atomic mass is 9.74. The van der Waals surface area contributed by atoms with Gasteiger partial charge in [-0.25, -0.2) is 0 Å². The van der Waals surface area contributed by atoms with E-state index in [1.165, 1.54) is 33.2 Å². The number of hydrogen-bond acceptors (Lipinski definition) is 1. The Hall–Kier alpha value is -1.03. The van der Waals surface area contributed by atoms with Crippen molar-refractivity contribution in [2.45, 2.75) is 31.7 Å². The van der Waals surface area contributed by atoms with E-state index in [0.29, 0.717) is 6.04 Å². The largest absolute Gasteiger partial charge is 0.382 e. The average molecular weight is 363 g/mol. The molecular weight excluding hydrogens is 345 g/mol. The zero-order valence-electron chi connectivity index (χ0n) is 11.1. The maximum Gasteiger partial charge on any atom is 0.0343 e. The summed E-state index contributed by atoms with van der Waals surface area (Å²) in [5, 5.41) is 3.62. The molecule has 0 bridgehead atoms. The minimum atomic E-state index is 0.629. The van der Waals surface area contributed by atoms with Gasteiger partial charge in [-0.05, 0) is 83.7 Å². The molecule has 2 aromatic carbocycles. The Morgan fingerprint density at radius 2 is 1.68 bits per heavy atom. The van der Waals surface area contributed by atoms with Crippen LogP contribution in [0.1, 0.15) is 29.9 Å². The van der Waals surface area contributed by atoms with Crippen molar-refractivity contribution in [3.63, 3.8) is 0 Å². The van der Waals surface area contributed by atoms with Crippen LogP contribution in [0, 0.1) is 10.5 Å². The highest BCUT2D eigenvalue weighted by Gasteiger charge is 2.30. The fourth-order valence-electron chi connectivity index (χ4n) is 2.82. The Kier molecular flexibility index (Phi) is 3.78. The molecule has 1 N–H and O–H groups in total. The van der Waals surface area contributed by atoms with Crippen molar-refractivity contribution < 1.29 is 0 Å².